The fourth-order valence-corrected chi connectivity index (χ4v) is 1.00. The van der Waals surface area contributed by atoms with E-state index >= 15 is 0 Å². The van der Waals surface area contributed by atoms with Crippen LogP contribution in [0.25, 0.3) is 0 Å². The molecule has 84 valence electrons. The van der Waals surface area contributed by atoms with E-state index in [0.717, 1.165) is 6.42 Å². The Morgan fingerprint density at radius 2 is 2.27 bits per heavy atom. The van der Waals surface area contributed by atoms with Gasteiger partial charge >= 0.3 is 0 Å². The Hall–Kier alpha value is -1.56. The van der Waals surface area contributed by atoms with Gasteiger partial charge in [0.25, 0.3) is 5.88 Å². The number of methoxy groups -OCH3 is 1. The molecule has 1 aromatic rings. The van der Waals surface area contributed by atoms with Crippen LogP contribution in [-0.2, 0) is 0 Å². The first kappa shape index (κ1) is 11.5. The molecule has 6 heteroatoms. The quantitative estimate of drug-likeness (QED) is 0.558. The Bertz CT molecular complexity index is 319. The lowest BCUT2D eigenvalue weighted by atomic mass is 10.3. The summed E-state index contributed by atoms with van der Waals surface area (Å²) in [5.41, 5.74) is 2.42. The molecule has 0 spiro atoms. The van der Waals surface area contributed by atoms with Gasteiger partial charge in [-0.1, -0.05) is 6.92 Å². The minimum Gasteiger partial charge on any atom is -0.489 e. The van der Waals surface area contributed by atoms with Crippen molar-refractivity contribution in [2.75, 3.05) is 12.5 Å². The lowest BCUT2D eigenvalue weighted by Crippen LogP contribution is -2.15. The van der Waals surface area contributed by atoms with E-state index in [0.29, 0.717) is 17.4 Å². The van der Waals surface area contributed by atoms with Gasteiger partial charge in [-0.15, -0.1) is 0 Å². The van der Waals surface area contributed by atoms with Crippen molar-refractivity contribution in [2.24, 2.45) is 5.84 Å². The van der Waals surface area contributed by atoms with Crippen molar-refractivity contribution in [1.29, 1.82) is 0 Å². The number of hydrazine groups is 1. The smallest absolute Gasteiger partial charge is 0.262 e. The average Bonchev–Trinajstić information content (AvgIpc) is 2.28. The fourth-order valence-electron chi connectivity index (χ4n) is 1.00. The number of nitrogens with zero attached hydrogens (tertiary/aromatic N) is 2. The molecule has 15 heavy (non-hydrogen) atoms. The van der Waals surface area contributed by atoms with E-state index in [1.165, 1.54) is 13.4 Å². The summed E-state index contributed by atoms with van der Waals surface area (Å²) in [7, 11) is 1.52. The number of nitrogens with two attached hydrogens (primary N) is 1. The molecule has 1 heterocycles. The minimum atomic E-state index is 0.0689. The van der Waals surface area contributed by atoms with Gasteiger partial charge in [-0.25, -0.2) is 10.8 Å². The topological polar surface area (TPSA) is 82.3 Å². The van der Waals surface area contributed by atoms with Crippen LogP contribution in [0, 0.1) is 0 Å². The van der Waals surface area contributed by atoms with Crippen LogP contribution in [0.4, 0.5) is 5.82 Å². The SMILES string of the molecule is CCC(C)Oc1ncnc(NN)c1OC. The molecule has 0 aliphatic carbocycles. The number of hydrogen-bond donors (Lipinski definition) is 2. The summed E-state index contributed by atoms with van der Waals surface area (Å²) in [6.45, 7) is 3.98. The van der Waals surface area contributed by atoms with E-state index in [9.17, 15) is 0 Å². The molecule has 0 aromatic carbocycles. The van der Waals surface area contributed by atoms with Crippen LogP contribution in [0.5, 0.6) is 11.6 Å². The summed E-state index contributed by atoms with van der Waals surface area (Å²) in [6, 6.07) is 0. The normalized spacial score (nSPS) is 12.0. The standard InChI is InChI=1S/C9H16N4O2/c1-4-6(2)15-9-7(14-3)8(13-10)11-5-12-9/h5-6H,4,10H2,1-3H3,(H,11,12,13). The Kier molecular flexibility index (Phi) is 4.11. The second-order valence-corrected chi connectivity index (χ2v) is 3.04. The molecule has 0 radical (unpaired) electrons. The zero-order valence-corrected chi connectivity index (χ0v) is 9.15. The van der Waals surface area contributed by atoms with E-state index in [1.807, 2.05) is 13.8 Å². The molecule has 0 saturated heterocycles. The van der Waals surface area contributed by atoms with Crippen LogP contribution >= 0.6 is 0 Å². The van der Waals surface area contributed by atoms with Gasteiger partial charge in [-0.3, -0.25) is 0 Å². The molecule has 3 N–H and O–H groups in total. The molecule has 0 fully saturated rings. The monoisotopic (exact) mass is 212 g/mol. The summed E-state index contributed by atoms with van der Waals surface area (Å²) in [4.78, 5) is 7.90. The van der Waals surface area contributed by atoms with Crippen LogP contribution in [0.2, 0.25) is 0 Å². The molecule has 6 nitrogen and oxygen atoms in total. The first-order valence-corrected chi connectivity index (χ1v) is 4.75. The molecule has 0 amide bonds. The molecule has 1 rings (SSSR count). The highest BCUT2D eigenvalue weighted by atomic mass is 16.5. The van der Waals surface area contributed by atoms with E-state index < -0.39 is 0 Å². The third kappa shape index (κ3) is 2.69. The van der Waals surface area contributed by atoms with Crippen molar-refractivity contribution < 1.29 is 9.47 Å². The number of nitrogens with one attached hydrogen (secondary N) is 1. The fraction of sp³-hybridized carbons (Fsp3) is 0.556. The second-order valence-electron chi connectivity index (χ2n) is 3.04. The summed E-state index contributed by atoms with van der Waals surface area (Å²) in [5.74, 6) is 6.51. The Morgan fingerprint density at radius 1 is 1.53 bits per heavy atom. The van der Waals surface area contributed by atoms with Crippen molar-refractivity contribution in [3.63, 3.8) is 0 Å². The largest absolute Gasteiger partial charge is 0.489 e. The summed E-state index contributed by atoms with van der Waals surface area (Å²) < 4.78 is 10.7. The van der Waals surface area contributed by atoms with Crippen LogP contribution in [0.3, 0.4) is 0 Å². The van der Waals surface area contributed by atoms with Gasteiger partial charge in [-0.2, -0.15) is 4.98 Å². The number of aromatic nitrogens is 2. The lowest BCUT2D eigenvalue weighted by molar-refractivity contribution is 0.198. The summed E-state index contributed by atoms with van der Waals surface area (Å²) in [6.07, 6.45) is 2.33. The van der Waals surface area contributed by atoms with Crippen LogP contribution in [0.1, 0.15) is 20.3 Å². The van der Waals surface area contributed by atoms with Crippen molar-refractivity contribution in [2.45, 2.75) is 26.4 Å². The maximum Gasteiger partial charge on any atom is 0.262 e. The molecular formula is C9H16N4O2. The molecule has 0 saturated carbocycles. The van der Waals surface area contributed by atoms with Crippen molar-refractivity contribution in [3.05, 3.63) is 6.33 Å². The van der Waals surface area contributed by atoms with Crippen molar-refractivity contribution >= 4 is 5.82 Å². The Morgan fingerprint density at radius 3 is 2.80 bits per heavy atom. The highest BCUT2D eigenvalue weighted by molar-refractivity contribution is 5.54. The van der Waals surface area contributed by atoms with Gasteiger partial charge in [0, 0.05) is 0 Å². The van der Waals surface area contributed by atoms with Crippen LogP contribution in [-0.4, -0.2) is 23.2 Å². The van der Waals surface area contributed by atoms with Gasteiger partial charge in [0.1, 0.15) is 6.33 Å². The number of anilines is 1. The number of ether oxygens (including phenoxy) is 2. The van der Waals surface area contributed by atoms with Crippen LogP contribution in [0.15, 0.2) is 6.33 Å². The molecular weight excluding hydrogens is 196 g/mol. The van der Waals surface area contributed by atoms with E-state index in [4.69, 9.17) is 15.3 Å². The van der Waals surface area contributed by atoms with Gasteiger partial charge in [0.05, 0.1) is 13.2 Å². The predicted molar refractivity (Wildman–Crippen MR) is 56.8 cm³/mol. The maximum atomic E-state index is 5.56. The third-order valence-electron chi connectivity index (χ3n) is 2.00. The zero-order valence-electron chi connectivity index (χ0n) is 9.15. The van der Waals surface area contributed by atoms with E-state index in [-0.39, 0.29) is 6.10 Å². The Balaban J connectivity index is 2.95. The minimum absolute atomic E-state index is 0.0689. The van der Waals surface area contributed by atoms with Gasteiger partial charge < -0.3 is 14.9 Å². The second kappa shape index (κ2) is 5.35. The Labute approximate surface area is 88.8 Å². The van der Waals surface area contributed by atoms with Gasteiger partial charge in [0.2, 0.25) is 5.75 Å². The average molecular weight is 212 g/mol. The van der Waals surface area contributed by atoms with Crippen molar-refractivity contribution in [1.82, 2.24) is 9.97 Å². The lowest BCUT2D eigenvalue weighted by Gasteiger charge is -2.15. The zero-order chi connectivity index (χ0) is 11.3. The summed E-state index contributed by atoms with van der Waals surface area (Å²) in [5, 5.41) is 0. The molecule has 0 aliphatic rings. The molecule has 1 atom stereocenters. The van der Waals surface area contributed by atoms with Gasteiger partial charge in [-0.05, 0) is 13.3 Å². The van der Waals surface area contributed by atoms with Gasteiger partial charge in [0.15, 0.2) is 5.82 Å². The third-order valence-corrected chi connectivity index (χ3v) is 2.00. The number of nitrogen functional groups attached to an aromatic ring is 1. The number of hydrogen-bond acceptors (Lipinski definition) is 6. The molecule has 1 aromatic heterocycles. The predicted octanol–water partition coefficient (Wildman–Crippen LogP) is 0.948. The molecule has 0 bridgehead atoms. The maximum absolute atomic E-state index is 5.56. The molecule has 0 aliphatic heterocycles. The highest BCUT2D eigenvalue weighted by Crippen LogP contribution is 2.30. The highest BCUT2D eigenvalue weighted by Gasteiger charge is 2.14. The van der Waals surface area contributed by atoms with E-state index in [1.54, 1.807) is 0 Å². The van der Waals surface area contributed by atoms with E-state index in [2.05, 4.69) is 15.4 Å². The number of rotatable bonds is 5. The molecule has 1 unspecified atom stereocenters. The summed E-state index contributed by atoms with van der Waals surface area (Å²) >= 11 is 0. The first-order valence-electron chi connectivity index (χ1n) is 4.75. The van der Waals surface area contributed by atoms with Crippen molar-refractivity contribution in [3.8, 4) is 11.6 Å². The van der Waals surface area contributed by atoms with Crippen LogP contribution < -0.4 is 20.7 Å². The first-order chi connectivity index (χ1) is 7.22.